The molecule has 0 saturated heterocycles. The van der Waals surface area contributed by atoms with Crippen LogP contribution in [0.2, 0.25) is 0 Å². The maximum atomic E-state index is 10.9. The second-order valence-corrected chi connectivity index (χ2v) is 4.43. The number of fused-ring (bicyclic) bond motifs is 1. The second kappa shape index (κ2) is 4.64. The predicted molar refractivity (Wildman–Crippen MR) is 67.8 cm³/mol. The number of carboxylic acids is 1. The Bertz CT molecular complexity index is 576. The molecule has 2 rings (SSSR count). The normalized spacial score (nSPS) is 12.7. The molecule has 0 saturated carbocycles. The van der Waals surface area contributed by atoms with Crippen molar-refractivity contribution in [2.24, 2.45) is 0 Å². The first-order valence-electron chi connectivity index (χ1n) is 4.95. The minimum Gasteiger partial charge on any atom is -0.487 e. The molecule has 0 aliphatic carbocycles. The number of ether oxygens (including phenoxy) is 1. The lowest BCUT2D eigenvalue weighted by molar-refractivity contribution is -0.132. The van der Waals surface area contributed by atoms with Gasteiger partial charge in [0, 0.05) is 10.0 Å². The number of hydrogen-bond donors (Lipinski definition) is 1. The van der Waals surface area contributed by atoms with Gasteiger partial charge >= 0.3 is 5.97 Å². The van der Waals surface area contributed by atoms with Crippen molar-refractivity contribution in [3.05, 3.63) is 33.3 Å². The van der Waals surface area contributed by atoms with Gasteiger partial charge in [-0.05, 0) is 25.1 Å². The first-order chi connectivity index (χ1) is 8.11. The highest BCUT2D eigenvalue weighted by molar-refractivity contribution is 9.10. The summed E-state index contributed by atoms with van der Waals surface area (Å²) in [6.07, 6.45) is 1.62. The van der Waals surface area contributed by atoms with E-state index in [1.165, 1.54) is 0 Å². The molecule has 17 heavy (non-hydrogen) atoms. The van der Waals surface area contributed by atoms with E-state index in [4.69, 9.17) is 9.84 Å². The molecule has 1 N–H and O–H groups in total. The summed E-state index contributed by atoms with van der Waals surface area (Å²) in [4.78, 5) is 10.9. The molecule has 0 atom stereocenters. The van der Waals surface area contributed by atoms with Gasteiger partial charge in [0.2, 0.25) is 0 Å². The smallest absolute Gasteiger partial charge is 0.335 e. The van der Waals surface area contributed by atoms with E-state index in [1.807, 2.05) is 12.1 Å². The third-order valence-electron chi connectivity index (χ3n) is 2.32. The first-order valence-corrected chi connectivity index (χ1v) is 5.74. The van der Waals surface area contributed by atoms with Crippen molar-refractivity contribution < 1.29 is 14.6 Å². The Hall–Kier alpha value is -1.73. The van der Waals surface area contributed by atoms with Crippen LogP contribution in [0.5, 0.6) is 5.75 Å². The highest BCUT2D eigenvalue weighted by Gasteiger charge is 2.19. The Morgan fingerprint density at radius 3 is 2.94 bits per heavy atom. The van der Waals surface area contributed by atoms with Crippen LogP contribution in [0.4, 0.5) is 0 Å². The molecule has 1 aromatic carbocycles. The highest BCUT2D eigenvalue weighted by Crippen LogP contribution is 2.33. The fraction of sp³-hybridized carbons (Fsp3) is 0.154. The third kappa shape index (κ3) is 2.34. The van der Waals surface area contributed by atoms with Crippen molar-refractivity contribution >= 4 is 28.0 Å². The van der Waals surface area contributed by atoms with Gasteiger partial charge in [-0.2, -0.15) is 0 Å². The molecule has 86 valence electrons. The van der Waals surface area contributed by atoms with Crippen molar-refractivity contribution in [2.75, 3.05) is 6.61 Å². The summed E-state index contributed by atoms with van der Waals surface area (Å²) in [7, 11) is 0. The zero-order valence-corrected chi connectivity index (χ0v) is 10.7. The lowest BCUT2D eigenvalue weighted by Crippen LogP contribution is -2.15. The molecule has 0 fully saturated rings. The van der Waals surface area contributed by atoms with Gasteiger partial charge in [-0.25, -0.2) is 4.79 Å². The van der Waals surface area contributed by atoms with Crippen LogP contribution in [-0.4, -0.2) is 17.7 Å². The van der Waals surface area contributed by atoms with Crippen LogP contribution in [0, 0.1) is 11.8 Å². The Balaban J connectivity index is 2.59. The van der Waals surface area contributed by atoms with E-state index in [0.717, 1.165) is 15.6 Å². The van der Waals surface area contributed by atoms with Crippen molar-refractivity contribution in [2.45, 2.75) is 6.92 Å². The predicted octanol–water partition coefficient (Wildman–Crippen LogP) is 2.68. The first kappa shape index (κ1) is 11.7. The van der Waals surface area contributed by atoms with Gasteiger partial charge in [0.1, 0.15) is 12.4 Å². The van der Waals surface area contributed by atoms with Crippen LogP contribution in [0.1, 0.15) is 18.1 Å². The number of halogens is 1. The topological polar surface area (TPSA) is 46.5 Å². The molecule has 0 spiro atoms. The fourth-order valence-electron chi connectivity index (χ4n) is 1.61. The number of benzene rings is 1. The van der Waals surface area contributed by atoms with Crippen LogP contribution in [0.15, 0.2) is 22.2 Å². The van der Waals surface area contributed by atoms with Crippen molar-refractivity contribution in [1.29, 1.82) is 0 Å². The Labute approximate surface area is 107 Å². The van der Waals surface area contributed by atoms with Crippen LogP contribution in [0.25, 0.3) is 6.08 Å². The largest absolute Gasteiger partial charge is 0.487 e. The van der Waals surface area contributed by atoms with Crippen LogP contribution < -0.4 is 4.74 Å². The number of rotatable bonds is 1. The van der Waals surface area contributed by atoms with E-state index >= 15 is 0 Å². The Morgan fingerprint density at radius 1 is 1.53 bits per heavy atom. The maximum Gasteiger partial charge on any atom is 0.335 e. The van der Waals surface area contributed by atoms with Crippen molar-refractivity contribution in [3.63, 3.8) is 0 Å². The number of carboxylic acid groups (broad SMARTS) is 1. The third-order valence-corrected chi connectivity index (χ3v) is 2.78. The van der Waals surface area contributed by atoms with Crippen molar-refractivity contribution in [3.8, 4) is 17.6 Å². The summed E-state index contributed by atoms with van der Waals surface area (Å²) >= 11 is 3.37. The number of aliphatic carboxylic acids is 1. The molecular formula is C13H9BrO3. The van der Waals surface area contributed by atoms with E-state index in [1.54, 1.807) is 13.0 Å². The van der Waals surface area contributed by atoms with Crippen LogP contribution in [-0.2, 0) is 4.79 Å². The average Bonchev–Trinajstić information content (AvgIpc) is 2.28. The lowest BCUT2D eigenvalue weighted by atomic mass is 10.0. The lowest BCUT2D eigenvalue weighted by Gasteiger charge is -2.17. The number of hydrogen-bond acceptors (Lipinski definition) is 2. The van der Waals surface area contributed by atoms with E-state index in [0.29, 0.717) is 5.75 Å². The van der Waals surface area contributed by atoms with E-state index < -0.39 is 5.97 Å². The standard InChI is InChI=1S/C13H9BrO3/c1-2-3-8-5-11(14)6-9-4-10(13(15)16)7-17-12(8)9/h4-6H,7H2,1H3,(H,15,16). The quantitative estimate of drug-likeness (QED) is 0.810. The van der Waals surface area contributed by atoms with E-state index in [2.05, 4.69) is 27.8 Å². The van der Waals surface area contributed by atoms with Crippen molar-refractivity contribution in [1.82, 2.24) is 0 Å². The monoisotopic (exact) mass is 292 g/mol. The molecule has 1 heterocycles. The Kier molecular flexibility index (Phi) is 3.21. The van der Waals surface area contributed by atoms with Gasteiger partial charge in [0.15, 0.2) is 0 Å². The average molecular weight is 293 g/mol. The van der Waals surface area contributed by atoms with Gasteiger partial charge in [0.05, 0.1) is 11.1 Å². The zero-order chi connectivity index (χ0) is 12.4. The molecule has 4 heteroatoms. The Morgan fingerprint density at radius 2 is 2.29 bits per heavy atom. The van der Waals surface area contributed by atoms with Gasteiger partial charge in [-0.3, -0.25) is 0 Å². The summed E-state index contributed by atoms with van der Waals surface area (Å²) in [5.41, 5.74) is 1.74. The fourth-order valence-corrected chi connectivity index (χ4v) is 2.09. The van der Waals surface area contributed by atoms with Gasteiger partial charge in [-0.1, -0.05) is 21.9 Å². The molecule has 0 unspecified atom stereocenters. The molecule has 1 aliphatic heterocycles. The second-order valence-electron chi connectivity index (χ2n) is 3.51. The SMILES string of the molecule is CC#Cc1cc(Br)cc2c1OCC(C(=O)O)=C2. The molecule has 0 amide bonds. The summed E-state index contributed by atoms with van der Waals surface area (Å²) in [6.45, 7) is 1.82. The molecule has 1 aromatic rings. The van der Waals surface area contributed by atoms with Crippen LogP contribution in [0.3, 0.4) is 0 Å². The minimum absolute atomic E-state index is 0.0718. The summed E-state index contributed by atoms with van der Waals surface area (Å²) in [5, 5.41) is 8.92. The highest BCUT2D eigenvalue weighted by atomic mass is 79.9. The molecule has 3 nitrogen and oxygen atoms in total. The summed E-state index contributed by atoms with van der Waals surface area (Å²) in [6, 6.07) is 3.67. The van der Waals surface area contributed by atoms with Gasteiger partial charge < -0.3 is 9.84 Å². The molecule has 0 aromatic heterocycles. The summed E-state index contributed by atoms with van der Waals surface area (Å²) < 4.78 is 6.31. The molecule has 0 bridgehead atoms. The summed E-state index contributed by atoms with van der Waals surface area (Å²) in [5.74, 6) is 5.43. The maximum absolute atomic E-state index is 10.9. The van der Waals surface area contributed by atoms with E-state index in [9.17, 15) is 4.79 Å². The van der Waals surface area contributed by atoms with E-state index in [-0.39, 0.29) is 12.2 Å². The molecule has 1 aliphatic rings. The minimum atomic E-state index is -0.959. The zero-order valence-electron chi connectivity index (χ0n) is 9.08. The van der Waals surface area contributed by atoms with Gasteiger partial charge in [-0.15, -0.1) is 5.92 Å². The molecular weight excluding hydrogens is 284 g/mol. The number of carbonyl (C=O) groups is 1. The van der Waals surface area contributed by atoms with Crippen LogP contribution >= 0.6 is 15.9 Å². The molecule has 0 radical (unpaired) electrons. The van der Waals surface area contributed by atoms with Gasteiger partial charge in [0.25, 0.3) is 0 Å².